The van der Waals surface area contributed by atoms with Gasteiger partial charge in [-0.1, -0.05) is 13.3 Å². The largest absolute Gasteiger partial charge is 0.396 e. The Balaban J connectivity index is 3.09. The normalized spacial score (nSPS) is 13.7. The molecule has 0 heterocycles. The van der Waals surface area contributed by atoms with Gasteiger partial charge >= 0.3 is 0 Å². The molecule has 1 atom stereocenters. The molecule has 0 saturated carbocycles. The van der Waals surface area contributed by atoms with Crippen molar-refractivity contribution in [2.75, 3.05) is 13.2 Å². The highest BCUT2D eigenvalue weighted by atomic mass is 16.3. The lowest BCUT2D eigenvalue weighted by Gasteiger charge is -2.08. The molecule has 56 valence electrons. The standard InChI is InChI=1S/C7H17NO/c1-2-7(6-9)4-3-5-8/h7,9H,2-6,8H2,1H3/p+1. The zero-order chi connectivity index (χ0) is 7.11. The average Bonchev–Trinajstić information content (AvgIpc) is 1.91. The highest BCUT2D eigenvalue weighted by Crippen LogP contribution is 2.07. The minimum atomic E-state index is 0.344. The highest BCUT2D eigenvalue weighted by Gasteiger charge is 2.02. The van der Waals surface area contributed by atoms with Crippen LogP contribution < -0.4 is 5.73 Å². The monoisotopic (exact) mass is 132 g/mol. The van der Waals surface area contributed by atoms with Crippen LogP contribution in [0, 0.1) is 5.92 Å². The lowest BCUT2D eigenvalue weighted by Crippen LogP contribution is -2.50. The minimum Gasteiger partial charge on any atom is -0.396 e. The van der Waals surface area contributed by atoms with Gasteiger partial charge in [0.25, 0.3) is 0 Å². The van der Waals surface area contributed by atoms with Crippen LogP contribution >= 0.6 is 0 Å². The van der Waals surface area contributed by atoms with Crippen molar-refractivity contribution in [2.24, 2.45) is 5.92 Å². The molecular weight excluding hydrogens is 114 g/mol. The highest BCUT2D eigenvalue weighted by molar-refractivity contribution is 4.53. The molecule has 0 saturated heterocycles. The molecule has 0 aromatic heterocycles. The summed E-state index contributed by atoms with van der Waals surface area (Å²) in [5, 5.41) is 8.73. The van der Waals surface area contributed by atoms with Gasteiger partial charge < -0.3 is 10.8 Å². The zero-order valence-corrected chi connectivity index (χ0v) is 6.27. The molecule has 0 aliphatic heterocycles. The summed E-state index contributed by atoms with van der Waals surface area (Å²) in [4.78, 5) is 0. The van der Waals surface area contributed by atoms with E-state index in [1.807, 2.05) is 0 Å². The molecule has 0 radical (unpaired) electrons. The Hall–Kier alpha value is -0.0800. The topological polar surface area (TPSA) is 47.9 Å². The summed E-state index contributed by atoms with van der Waals surface area (Å²) in [6.45, 7) is 3.46. The first-order valence-corrected chi connectivity index (χ1v) is 3.75. The first-order valence-electron chi connectivity index (χ1n) is 3.75. The summed E-state index contributed by atoms with van der Waals surface area (Å²) in [5.74, 6) is 0.520. The Labute approximate surface area is 57.1 Å². The van der Waals surface area contributed by atoms with E-state index in [1.165, 1.54) is 0 Å². The van der Waals surface area contributed by atoms with Gasteiger partial charge in [0.1, 0.15) is 0 Å². The summed E-state index contributed by atoms with van der Waals surface area (Å²) in [6, 6.07) is 0. The molecule has 1 unspecified atom stereocenters. The van der Waals surface area contributed by atoms with Crippen LogP contribution in [0.5, 0.6) is 0 Å². The summed E-state index contributed by atoms with van der Waals surface area (Å²) in [7, 11) is 0. The van der Waals surface area contributed by atoms with Crippen molar-refractivity contribution >= 4 is 0 Å². The van der Waals surface area contributed by atoms with Crippen molar-refractivity contribution in [3.05, 3.63) is 0 Å². The Kier molecular flexibility index (Phi) is 5.99. The van der Waals surface area contributed by atoms with Crippen LogP contribution in [0.2, 0.25) is 0 Å². The maximum absolute atomic E-state index is 8.73. The van der Waals surface area contributed by atoms with E-state index in [2.05, 4.69) is 12.7 Å². The molecule has 0 aliphatic carbocycles. The second-order valence-electron chi connectivity index (χ2n) is 2.45. The lowest BCUT2D eigenvalue weighted by atomic mass is 10.0. The van der Waals surface area contributed by atoms with Gasteiger partial charge in [0, 0.05) is 6.61 Å². The third-order valence-corrected chi connectivity index (χ3v) is 1.70. The van der Waals surface area contributed by atoms with Gasteiger partial charge in [0.05, 0.1) is 6.54 Å². The number of rotatable bonds is 5. The van der Waals surface area contributed by atoms with E-state index in [9.17, 15) is 0 Å². The zero-order valence-electron chi connectivity index (χ0n) is 6.27. The number of aliphatic hydroxyl groups is 1. The average molecular weight is 132 g/mol. The molecule has 4 N–H and O–H groups in total. The molecule has 0 amide bonds. The fourth-order valence-corrected chi connectivity index (χ4v) is 0.858. The van der Waals surface area contributed by atoms with Crippen LogP contribution in [0.4, 0.5) is 0 Å². The molecule has 9 heavy (non-hydrogen) atoms. The Morgan fingerprint density at radius 3 is 2.56 bits per heavy atom. The second kappa shape index (κ2) is 6.05. The summed E-state index contributed by atoms with van der Waals surface area (Å²) >= 11 is 0. The molecule has 0 aromatic rings. The van der Waals surface area contributed by atoms with Crippen molar-refractivity contribution < 1.29 is 10.8 Å². The maximum atomic E-state index is 8.73. The molecule has 0 aromatic carbocycles. The van der Waals surface area contributed by atoms with E-state index in [4.69, 9.17) is 5.11 Å². The third kappa shape index (κ3) is 4.43. The van der Waals surface area contributed by atoms with Crippen molar-refractivity contribution in [1.82, 2.24) is 0 Å². The van der Waals surface area contributed by atoms with E-state index in [0.29, 0.717) is 12.5 Å². The first-order chi connectivity index (χ1) is 4.35. The van der Waals surface area contributed by atoms with E-state index in [1.54, 1.807) is 0 Å². The fraction of sp³-hybridized carbons (Fsp3) is 1.00. The van der Waals surface area contributed by atoms with Crippen LogP contribution in [0.15, 0.2) is 0 Å². The molecular formula is C7H18NO+. The third-order valence-electron chi connectivity index (χ3n) is 1.70. The van der Waals surface area contributed by atoms with Crippen LogP contribution in [0.3, 0.4) is 0 Å². The summed E-state index contributed by atoms with van der Waals surface area (Å²) in [6.07, 6.45) is 3.38. The van der Waals surface area contributed by atoms with E-state index >= 15 is 0 Å². The van der Waals surface area contributed by atoms with Gasteiger partial charge in [-0.15, -0.1) is 0 Å². The van der Waals surface area contributed by atoms with Gasteiger partial charge in [0.15, 0.2) is 0 Å². The number of hydrogen-bond donors (Lipinski definition) is 2. The fourth-order valence-electron chi connectivity index (χ4n) is 0.858. The van der Waals surface area contributed by atoms with Gasteiger partial charge in [-0.2, -0.15) is 0 Å². The second-order valence-corrected chi connectivity index (χ2v) is 2.45. The Morgan fingerprint density at radius 1 is 1.56 bits per heavy atom. The molecule has 0 fully saturated rings. The summed E-state index contributed by atoms with van der Waals surface area (Å²) in [5.41, 5.74) is 3.74. The molecule has 2 nitrogen and oxygen atoms in total. The van der Waals surface area contributed by atoms with Crippen molar-refractivity contribution in [3.63, 3.8) is 0 Å². The number of hydrogen-bond acceptors (Lipinski definition) is 1. The smallest absolute Gasteiger partial charge is 0.0739 e. The van der Waals surface area contributed by atoms with Gasteiger partial charge in [-0.3, -0.25) is 0 Å². The predicted octanol–water partition coefficient (Wildman–Crippen LogP) is 0.0270. The van der Waals surface area contributed by atoms with Gasteiger partial charge in [-0.25, -0.2) is 0 Å². The van der Waals surface area contributed by atoms with Gasteiger partial charge in [0.2, 0.25) is 0 Å². The van der Waals surface area contributed by atoms with E-state index in [-0.39, 0.29) is 0 Å². The van der Waals surface area contributed by atoms with Crippen LogP contribution in [-0.4, -0.2) is 18.3 Å². The molecule has 0 bridgehead atoms. The van der Waals surface area contributed by atoms with Crippen LogP contribution in [0.25, 0.3) is 0 Å². The van der Waals surface area contributed by atoms with Crippen LogP contribution in [0.1, 0.15) is 26.2 Å². The van der Waals surface area contributed by atoms with E-state index < -0.39 is 0 Å². The van der Waals surface area contributed by atoms with Gasteiger partial charge in [-0.05, 0) is 18.8 Å². The first kappa shape index (κ1) is 8.92. The molecule has 0 spiro atoms. The number of aliphatic hydroxyl groups excluding tert-OH is 1. The quantitative estimate of drug-likeness (QED) is 0.544. The molecule has 0 aliphatic rings. The number of quaternary nitrogens is 1. The Morgan fingerprint density at radius 2 is 2.22 bits per heavy atom. The van der Waals surface area contributed by atoms with E-state index in [0.717, 1.165) is 25.8 Å². The minimum absolute atomic E-state index is 0.344. The Bertz CT molecular complexity index is 52.9. The molecule has 2 heteroatoms. The summed E-state index contributed by atoms with van der Waals surface area (Å²) < 4.78 is 0. The van der Waals surface area contributed by atoms with Crippen molar-refractivity contribution in [2.45, 2.75) is 26.2 Å². The maximum Gasteiger partial charge on any atom is 0.0739 e. The van der Waals surface area contributed by atoms with Crippen molar-refractivity contribution in [3.8, 4) is 0 Å². The van der Waals surface area contributed by atoms with Crippen LogP contribution in [-0.2, 0) is 0 Å². The predicted molar refractivity (Wildman–Crippen MR) is 37.9 cm³/mol. The molecule has 0 rings (SSSR count). The lowest BCUT2D eigenvalue weighted by molar-refractivity contribution is -0.368. The van der Waals surface area contributed by atoms with Crippen molar-refractivity contribution in [1.29, 1.82) is 0 Å². The SMILES string of the molecule is CCC(CO)CCC[NH3+].